The van der Waals surface area contributed by atoms with E-state index in [2.05, 4.69) is 76.4 Å². The van der Waals surface area contributed by atoms with Crippen LogP contribution >= 0.6 is 0 Å². The Morgan fingerprint density at radius 2 is 1.55 bits per heavy atom. The maximum atomic E-state index is 3.57. The molecule has 1 aromatic rings. The fourth-order valence-corrected chi connectivity index (χ4v) is 2.26. The average Bonchev–Trinajstić information content (AvgIpc) is 2.33. The Morgan fingerprint density at radius 1 is 0.950 bits per heavy atom. The molecule has 0 spiro atoms. The summed E-state index contributed by atoms with van der Waals surface area (Å²) in [6.07, 6.45) is 1.16. The Hall–Kier alpha value is -0.860. The molecule has 2 heteroatoms. The molecule has 0 amide bonds. The van der Waals surface area contributed by atoms with Gasteiger partial charge in [0.2, 0.25) is 0 Å². The zero-order chi connectivity index (χ0) is 15.2. The lowest BCUT2D eigenvalue weighted by Crippen LogP contribution is -2.40. The molecular formula is C18H32N2. The van der Waals surface area contributed by atoms with Gasteiger partial charge in [0.25, 0.3) is 0 Å². The van der Waals surface area contributed by atoms with Crippen LogP contribution in [0.15, 0.2) is 24.3 Å². The van der Waals surface area contributed by atoms with Crippen LogP contribution in [-0.4, -0.2) is 18.6 Å². The highest BCUT2D eigenvalue weighted by Gasteiger charge is 2.09. The molecule has 0 saturated carbocycles. The standard InChI is InChI=1S/C18H32N2/c1-14(2)13-16-7-9-17(10-8-16)15(3)19-11-12-20-18(4,5)6/h7-10,14-15,19-20H,11-13H2,1-6H3. The summed E-state index contributed by atoms with van der Waals surface area (Å²) in [4.78, 5) is 0. The lowest BCUT2D eigenvalue weighted by atomic mass is 10.00. The number of benzene rings is 1. The summed E-state index contributed by atoms with van der Waals surface area (Å²) in [5.74, 6) is 0.722. The molecule has 0 aromatic heterocycles. The van der Waals surface area contributed by atoms with E-state index < -0.39 is 0 Å². The molecular weight excluding hydrogens is 244 g/mol. The Morgan fingerprint density at radius 3 is 2.05 bits per heavy atom. The van der Waals surface area contributed by atoms with Crippen molar-refractivity contribution in [3.8, 4) is 0 Å². The molecule has 1 atom stereocenters. The lowest BCUT2D eigenvalue weighted by Gasteiger charge is -2.22. The van der Waals surface area contributed by atoms with Crippen molar-refractivity contribution in [1.82, 2.24) is 10.6 Å². The van der Waals surface area contributed by atoms with Crippen LogP contribution in [0.1, 0.15) is 58.7 Å². The van der Waals surface area contributed by atoms with Crippen molar-refractivity contribution < 1.29 is 0 Å². The highest BCUT2D eigenvalue weighted by Crippen LogP contribution is 2.15. The lowest BCUT2D eigenvalue weighted by molar-refractivity contribution is 0.414. The average molecular weight is 276 g/mol. The summed E-state index contributed by atoms with van der Waals surface area (Å²) in [6.45, 7) is 15.3. The van der Waals surface area contributed by atoms with Gasteiger partial charge in [0.1, 0.15) is 0 Å². The topological polar surface area (TPSA) is 24.1 Å². The van der Waals surface area contributed by atoms with Crippen LogP contribution in [-0.2, 0) is 6.42 Å². The van der Waals surface area contributed by atoms with Crippen LogP contribution in [0.2, 0.25) is 0 Å². The Balaban J connectivity index is 2.38. The number of hydrogen-bond donors (Lipinski definition) is 2. The summed E-state index contributed by atoms with van der Waals surface area (Å²) in [6, 6.07) is 9.45. The van der Waals surface area contributed by atoms with Gasteiger partial charge < -0.3 is 10.6 Å². The summed E-state index contributed by atoms with van der Waals surface area (Å²) in [5.41, 5.74) is 3.00. The third-order valence-corrected chi connectivity index (χ3v) is 3.35. The maximum Gasteiger partial charge on any atom is 0.0292 e. The molecule has 0 bridgehead atoms. The van der Waals surface area contributed by atoms with E-state index in [1.807, 2.05) is 0 Å². The zero-order valence-corrected chi connectivity index (χ0v) is 14.1. The largest absolute Gasteiger partial charge is 0.311 e. The molecule has 0 heterocycles. The molecule has 20 heavy (non-hydrogen) atoms. The normalized spacial score (nSPS) is 13.8. The van der Waals surface area contributed by atoms with E-state index in [4.69, 9.17) is 0 Å². The van der Waals surface area contributed by atoms with Gasteiger partial charge in [-0.25, -0.2) is 0 Å². The molecule has 1 aromatic carbocycles. The predicted molar refractivity (Wildman–Crippen MR) is 89.2 cm³/mol. The van der Waals surface area contributed by atoms with Crippen molar-refractivity contribution in [3.05, 3.63) is 35.4 Å². The van der Waals surface area contributed by atoms with Crippen LogP contribution in [0.5, 0.6) is 0 Å². The first-order valence-electron chi connectivity index (χ1n) is 7.85. The van der Waals surface area contributed by atoms with Gasteiger partial charge in [-0.3, -0.25) is 0 Å². The first kappa shape index (κ1) is 17.2. The molecule has 1 rings (SSSR count). The summed E-state index contributed by atoms with van der Waals surface area (Å²) < 4.78 is 0. The number of hydrogen-bond acceptors (Lipinski definition) is 2. The third kappa shape index (κ3) is 7.06. The third-order valence-electron chi connectivity index (χ3n) is 3.35. The monoisotopic (exact) mass is 276 g/mol. The maximum absolute atomic E-state index is 3.57. The van der Waals surface area contributed by atoms with E-state index in [9.17, 15) is 0 Å². The molecule has 0 aliphatic rings. The summed E-state index contributed by atoms with van der Waals surface area (Å²) in [5, 5.41) is 7.07. The van der Waals surface area contributed by atoms with Crippen molar-refractivity contribution >= 4 is 0 Å². The van der Waals surface area contributed by atoms with E-state index in [0.717, 1.165) is 25.4 Å². The van der Waals surface area contributed by atoms with Crippen molar-refractivity contribution in [1.29, 1.82) is 0 Å². The van der Waals surface area contributed by atoms with E-state index in [-0.39, 0.29) is 5.54 Å². The van der Waals surface area contributed by atoms with Gasteiger partial charge in [-0.1, -0.05) is 38.1 Å². The quantitative estimate of drug-likeness (QED) is 0.738. The minimum atomic E-state index is 0.198. The summed E-state index contributed by atoms with van der Waals surface area (Å²) >= 11 is 0. The van der Waals surface area contributed by atoms with Crippen LogP contribution in [0.4, 0.5) is 0 Å². The highest BCUT2D eigenvalue weighted by molar-refractivity contribution is 5.25. The molecule has 2 nitrogen and oxygen atoms in total. The second-order valence-corrected chi connectivity index (χ2v) is 7.19. The minimum absolute atomic E-state index is 0.198. The zero-order valence-electron chi connectivity index (χ0n) is 14.1. The molecule has 2 N–H and O–H groups in total. The van der Waals surface area contributed by atoms with Gasteiger partial charge in [0.15, 0.2) is 0 Å². The fraction of sp³-hybridized carbons (Fsp3) is 0.667. The molecule has 0 radical (unpaired) electrons. The smallest absolute Gasteiger partial charge is 0.0292 e. The second kappa shape index (κ2) is 7.80. The Labute approximate surface area is 125 Å². The van der Waals surface area contributed by atoms with Gasteiger partial charge in [-0.05, 0) is 51.2 Å². The van der Waals surface area contributed by atoms with Crippen molar-refractivity contribution in [2.24, 2.45) is 5.92 Å². The highest BCUT2D eigenvalue weighted by atomic mass is 15.0. The minimum Gasteiger partial charge on any atom is -0.311 e. The van der Waals surface area contributed by atoms with Crippen molar-refractivity contribution in [2.45, 2.75) is 59.5 Å². The fourth-order valence-electron chi connectivity index (χ4n) is 2.26. The molecule has 0 aliphatic carbocycles. The van der Waals surface area contributed by atoms with E-state index in [1.54, 1.807) is 0 Å². The van der Waals surface area contributed by atoms with Crippen molar-refractivity contribution in [2.75, 3.05) is 13.1 Å². The first-order chi connectivity index (χ1) is 9.28. The van der Waals surface area contributed by atoms with Crippen LogP contribution < -0.4 is 10.6 Å². The Bertz CT molecular complexity index is 373. The van der Waals surface area contributed by atoms with Gasteiger partial charge in [0.05, 0.1) is 0 Å². The van der Waals surface area contributed by atoms with E-state index in [0.29, 0.717) is 6.04 Å². The van der Waals surface area contributed by atoms with Crippen LogP contribution in [0.3, 0.4) is 0 Å². The molecule has 0 fully saturated rings. The number of rotatable bonds is 7. The SMILES string of the molecule is CC(C)Cc1ccc(C(C)NCCNC(C)(C)C)cc1. The molecule has 1 unspecified atom stereocenters. The molecule has 0 aliphatic heterocycles. The summed E-state index contributed by atoms with van der Waals surface area (Å²) in [7, 11) is 0. The van der Waals surface area contributed by atoms with E-state index in [1.165, 1.54) is 11.1 Å². The van der Waals surface area contributed by atoms with Gasteiger partial charge in [-0.15, -0.1) is 0 Å². The second-order valence-electron chi connectivity index (χ2n) is 7.19. The van der Waals surface area contributed by atoms with Crippen LogP contribution in [0, 0.1) is 5.92 Å². The first-order valence-corrected chi connectivity index (χ1v) is 7.85. The van der Waals surface area contributed by atoms with Gasteiger partial charge in [0, 0.05) is 24.7 Å². The predicted octanol–water partition coefficient (Wildman–Crippen LogP) is 3.92. The molecule has 114 valence electrons. The van der Waals surface area contributed by atoms with Gasteiger partial charge in [-0.2, -0.15) is 0 Å². The van der Waals surface area contributed by atoms with Gasteiger partial charge >= 0.3 is 0 Å². The van der Waals surface area contributed by atoms with Crippen LogP contribution in [0.25, 0.3) is 0 Å². The van der Waals surface area contributed by atoms with E-state index >= 15 is 0 Å². The number of nitrogens with one attached hydrogen (secondary N) is 2. The van der Waals surface area contributed by atoms with Crippen molar-refractivity contribution in [3.63, 3.8) is 0 Å². The Kier molecular flexibility index (Phi) is 6.70. The molecule has 0 saturated heterocycles.